The highest BCUT2D eigenvalue weighted by Crippen LogP contribution is 2.26. The van der Waals surface area contributed by atoms with Crippen LogP contribution in [0.2, 0.25) is 0 Å². The number of carbonyl (C=O) groups excluding carboxylic acids is 2. The predicted molar refractivity (Wildman–Crippen MR) is 97.4 cm³/mol. The van der Waals surface area contributed by atoms with Gasteiger partial charge in [0.05, 0.1) is 11.3 Å². The summed E-state index contributed by atoms with van der Waals surface area (Å²) in [4.78, 5) is 24.6. The molecule has 2 saturated carbocycles. The topological polar surface area (TPSA) is 84.2 Å². The summed E-state index contributed by atoms with van der Waals surface area (Å²) >= 11 is 0. The molecule has 0 spiro atoms. The summed E-state index contributed by atoms with van der Waals surface area (Å²) in [5, 5.41) is 5.86. The fourth-order valence-electron chi connectivity index (χ4n) is 3.21. The molecule has 24 heavy (non-hydrogen) atoms. The Morgan fingerprint density at radius 3 is 2.50 bits per heavy atom. The molecule has 0 saturated heterocycles. The van der Waals surface area contributed by atoms with E-state index in [2.05, 4.69) is 10.6 Å². The number of nitrogens with one attached hydrogen (secondary N) is 2. The first-order valence-electron chi connectivity index (χ1n) is 8.59. The number of nitrogens with two attached hydrogens (primary N) is 1. The summed E-state index contributed by atoms with van der Waals surface area (Å²) in [6, 6.07) is 7.58. The van der Waals surface area contributed by atoms with E-state index in [4.69, 9.17) is 5.73 Å². The third-order valence-electron chi connectivity index (χ3n) is 4.77. The van der Waals surface area contributed by atoms with Crippen LogP contribution < -0.4 is 16.4 Å². The molecule has 0 heterocycles. The molecule has 2 aliphatic carbocycles. The molecule has 0 aromatic heterocycles. The van der Waals surface area contributed by atoms with E-state index in [1.807, 2.05) is 12.1 Å². The van der Waals surface area contributed by atoms with E-state index >= 15 is 0 Å². The minimum atomic E-state index is -0.113. The van der Waals surface area contributed by atoms with Crippen molar-refractivity contribution in [2.75, 3.05) is 5.32 Å². The highest BCUT2D eigenvalue weighted by Gasteiger charge is 2.26. The molecule has 5 nitrogen and oxygen atoms in total. The normalized spacial score (nSPS) is 23.0. The van der Waals surface area contributed by atoms with Crippen LogP contribution in [-0.4, -0.2) is 23.9 Å². The smallest absolute Gasteiger partial charge is 0.253 e. The molecule has 0 aliphatic heterocycles. The molecule has 0 bridgehead atoms. The Bertz CT molecular complexity index is 589. The van der Waals surface area contributed by atoms with Gasteiger partial charge in [-0.2, -0.15) is 0 Å². The lowest BCUT2D eigenvalue weighted by molar-refractivity contribution is -0.117. The molecule has 2 fully saturated rings. The lowest BCUT2D eigenvalue weighted by Gasteiger charge is -2.28. The van der Waals surface area contributed by atoms with Gasteiger partial charge in [0.2, 0.25) is 5.91 Å². The van der Waals surface area contributed by atoms with E-state index < -0.39 is 0 Å². The number of benzene rings is 1. The quantitative estimate of drug-likeness (QED) is 0.762. The first-order chi connectivity index (χ1) is 11.1. The van der Waals surface area contributed by atoms with E-state index in [1.54, 1.807) is 12.1 Å². The van der Waals surface area contributed by atoms with Gasteiger partial charge in [0, 0.05) is 18.5 Å². The molecule has 4 N–H and O–H groups in total. The standard InChI is InChI=1S/C18H25N3O2.ClH/c19-15-7-3-1-5-12(15)11-17(22)21-16-8-4-2-6-14(16)18(23)20-13-9-10-13;/h2,4,6,8,12-13,15H,1,3,5,7,9-11,19H2,(H,20,23)(H,21,22);1H. The van der Waals surface area contributed by atoms with Crippen molar-refractivity contribution in [2.24, 2.45) is 11.7 Å². The molecule has 2 amide bonds. The van der Waals surface area contributed by atoms with Crippen molar-refractivity contribution < 1.29 is 9.59 Å². The highest BCUT2D eigenvalue weighted by molar-refractivity contribution is 6.04. The Balaban J connectivity index is 0.00000208. The molecule has 2 unspecified atom stereocenters. The molecule has 1 aromatic carbocycles. The first-order valence-corrected chi connectivity index (χ1v) is 8.59. The van der Waals surface area contributed by atoms with Gasteiger partial charge < -0.3 is 16.4 Å². The fourth-order valence-corrected chi connectivity index (χ4v) is 3.21. The van der Waals surface area contributed by atoms with Gasteiger partial charge in [-0.1, -0.05) is 25.0 Å². The molecular weight excluding hydrogens is 326 g/mol. The number of hydrogen-bond acceptors (Lipinski definition) is 3. The van der Waals surface area contributed by atoms with Gasteiger partial charge in [0.25, 0.3) is 5.91 Å². The zero-order valence-electron chi connectivity index (χ0n) is 13.8. The number of halogens is 1. The highest BCUT2D eigenvalue weighted by atomic mass is 35.5. The predicted octanol–water partition coefficient (Wildman–Crippen LogP) is 2.85. The van der Waals surface area contributed by atoms with Gasteiger partial charge >= 0.3 is 0 Å². The summed E-state index contributed by atoms with van der Waals surface area (Å²) in [7, 11) is 0. The number of hydrogen-bond donors (Lipinski definition) is 3. The second kappa shape index (κ2) is 8.49. The molecule has 2 atom stereocenters. The van der Waals surface area contributed by atoms with E-state index in [0.717, 1.165) is 38.5 Å². The Labute approximate surface area is 149 Å². The van der Waals surface area contributed by atoms with Crippen LogP contribution in [0.4, 0.5) is 5.69 Å². The van der Waals surface area contributed by atoms with E-state index in [1.165, 1.54) is 0 Å². The van der Waals surface area contributed by atoms with Crippen LogP contribution in [0, 0.1) is 5.92 Å². The average Bonchev–Trinajstić information content (AvgIpc) is 3.34. The van der Waals surface area contributed by atoms with Crippen molar-refractivity contribution in [1.29, 1.82) is 0 Å². The molecule has 6 heteroatoms. The van der Waals surface area contributed by atoms with E-state index in [-0.39, 0.29) is 36.2 Å². The maximum Gasteiger partial charge on any atom is 0.253 e. The summed E-state index contributed by atoms with van der Waals surface area (Å²) in [5.74, 6) is 0.0768. The Kier molecular flexibility index (Phi) is 6.63. The SMILES string of the molecule is Cl.NC1CCCCC1CC(=O)Nc1ccccc1C(=O)NC1CC1. The van der Waals surface area contributed by atoms with Gasteiger partial charge in [0.15, 0.2) is 0 Å². The van der Waals surface area contributed by atoms with Crippen molar-refractivity contribution >= 4 is 29.9 Å². The number of anilines is 1. The van der Waals surface area contributed by atoms with Crippen molar-refractivity contribution in [3.63, 3.8) is 0 Å². The number of para-hydroxylation sites is 1. The Morgan fingerprint density at radius 2 is 1.79 bits per heavy atom. The Hall–Kier alpha value is -1.59. The maximum absolute atomic E-state index is 12.3. The lowest BCUT2D eigenvalue weighted by atomic mass is 9.83. The summed E-state index contributed by atoms with van der Waals surface area (Å²) < 4.78 is 0. The van der Waals surface area contributed by atoms with Crippen LogP contribution in [0.1, 0.15) is 55.3 Å². The summed E-state index contributed by atoms with van der Waals surface area (Å²) in [6.45, 7) is 0. The van der Waals surface area contributed by atoms with Crippen LogP contribution in [0.3, 0.4) is 0 Å². The van der Waals surface area contributed by atoms with Crippen LogP contribution in [0.5, 0.6) is 0 Å². The van der Waals surface area contributed by atoms with Gasteiger partial charge in [-0.05, 0) is 43.7 Å². The van der Waals surface area contributed by atoms with E-state index in [9.17, 15) is 9.59 Å². The second-order valence-electron chi connectivity index (χ2n) is 6.75. The fraction of sp³-hybridized carbons (Fsp3) is 0.556. The van der Waals surface area contributed by atoms with Gasteiger partial charge in [-0.15, -0.1) is 12.4 Å². The van der Waals surface area contributed by atoms with Crippen LogP contribution in [0.15, 0.2) is 24.3 Å². The molecule has 1 aromatic rings. The van der Waals surface area contributed by atoms with Crippen LogP contribution >= 0.6 is 12.4 Å². The maximum atomic E-state index is 12.3. The molecular formula is C18H26ClN3O2. The van der Waals surface area contributed by atoms with Crippen molar-refractivity contribution in [3.05, 3.63) is 29.8 Å². The van der Waals surface area contributed by atoms with Gasteiger partial charge in [0.1, 0.15) is 0 Å². The van der Waals surface area contributed by atoms with Crippen molar-refractivity contribution in [1.82, 2.24) is 5.32 Å². The van der Waals surface area contributed by atoms with Crippen molar-refractivity contribution in [3.8, 4) is 0 Å². The van der Waals surface area contributed by atoms with E-state index in [0.29, 0.717) is 23.7 Å². The number of amides is 2. The summed E-state index contributed by atoms with van der Waals surface area (Å²) in [6.07, 6.45) is 6.83. The number of carbonyl (C=O) groups is 2. The molecule has 2 aliphatic rings. The molecule has 3 rings (SSSR count). The minimum Gasteiger partial charge on any atom is -0.349 e. The third kappa shape index (κ3) is 4.95. The summed E-state index contributed by atoms with van der Waals surface area (Å²) in [5.41, 5.74) is 7.23. The van der Waals surface area contributed by atoms with Crippen LogP contribution in [0.25, 0.3) is 0 Å². The molecule has 0 radical (unpaired) electrons. The first kappa shape index (κ1) is 18.7. The van der Waals surface area contributed by atoms with Gasteiger partial charge in [-0.25, -0.2) is 0 Å². The monoisotopic (exact) mass is 351 g/mol. The average molecular weight is 352 g/mol. The third-order valence-corrected chi connectivity index (χ3v) is 4.77. The minimum absolute atomic E-state index is 0. The Morgan fingerprint density at radius 1 is 1.08 bits per heavy atom. The zero-order chi connectivity index (χ0) is 16.2. The molecule has 132 valence electrons. The zero-order valence-corrected chi connectivity index (χ0v) is 14.6. The largest absolute Gasteiger partial charge is 0.349 e. The number of rotatable bonds is 5. The lowest BCUT2D eigenvalue weighted by Crippen LogP contribution is -2.35. The van der Waals surface area contributed by atoms with Crippen molar-refractivity contribution in [2.45, 2.75) is 57.0 Å². The second-order valence-corrected chi connectivity index (χ2v) is 6.75. The van der Waals surface area contributed by atoms with Crippen LogP contribution in [-0.2, 0) is 4.79 Å². The van der Waals surface area contributed by atoms with Gasteiger partial charge in [-0.3, -0.25) is 9.59 Å².